The number of nitrogens with zero attached hydrogens (tertiary/aromatic N) is 4. The van der Waals surface area contributed by atoms with E-state index in [1.807, 2.05) is 6.92 Å². The van der Waals surface area contributed by atoms with Crippen LogP contribution in [0.15, 0.2) is 29.3 Å². The van der Waals surface area contributed by atoms with Crippen LogP contribution in [0.2, 0.25) is 0 Å². The molecule has 6 nitrogen and oxygen atoms in total. The number of carbonyl (C=O) groups excluding carboxylic acids is 1. The Morgan fingerprint density at radius 2 is 2.09 bits per heavy atom. The van der Waals surface area contributed by atoms with Gasteiger partial charge >= 0.3 is 0 Å². The molecule has 2 aliphatic heterocycles. The lowest BCUT2D eigenvalue weighted by Crippen LogP contribution is -2.43. The second kappa shape index (κ2) is 8.15. The Bertz CT molecular complexity index is 489. The second-order valence-corrected chi connectivity index (χ2v) is 6.55. The van der Waals surface area contributed by atoms with Gasteiger partial charge in [0.25, 0.3) is 0 Å². The number of likely N-dealkylation sites (tertiary alicyclic amines) is 1. The average molecular weight is 319 g/mol. The molecule has 128 valence electrons. The van der Waals surface area contributed by atoms with Crippen molar-refractivity contribution in [3.63, 3.8) is 0 Å². The third-order valence-electron chi connectivity index (χ3n) is 4.24. The van der Waals surface area contributed by atoms with Gasteiger partial charge in [-0.25, -0.2) is 4.99 Å². The van der Waals surface area contributed by atoms with Crippen LogP contribution in [0.3, 0.4) is 0 Å². The van der Waals surface area contributed by atoms with Gasteiger partial charge in [-0.3, -0.25) is 9.69 Å². The minimum absolute atomic E-state index is 0.0131. The van der Waals surface area contributed by atoms with E-state index in [4.69, 9.17) is 0 Å². The van der Waals surface area contributed by atoms with E-state index in [2.05, 4.69) is 38.8 Å². The Morgan fingerprint density at radius 3 is 2.70 bits per heavy atom. The smallest absolute Gasteiger partial charge is 0.243 e. The summed E-state index contributed by atoms with van der Waals surface area (Å²) < 4.78 is 0. The standard InChI is InChI=1S/C17H29N5O/c1-14(2)11-18-17(19-12-16(23)20(3)4)22-10-7-15(13-22)21-8-5-6-9-21/h5-6,15H,1,7-13H2,2-4H3,(H,18,19). The molecule has 2 aliphatic rings. The summed E-state index contributed by atoms with van der Waals surface area (Å²) in [4.78, 5) is 22.7. The molecule has 0 spiro atoms. The van der Waals surface area contributed by atoms with Gasteiger partial charge in [-0.1, -0.05) is 24.3 Å². The molecular weight excluding hydrogens is 290 g/mol. The molecule has 1 unspecified atom stereocenters. The highest BCUT2D eigenvalue weighted by atomic mass is 16.2. The number of amides is 1. The summed E-state index contributed by atoms with van der Waals surface area (Å²) in [5.74, 6) is 0.831. The maximum atomic E-state index is 11.8. The lowest BCUT2D eigenvalue weighted by Gasteiger charge is -2.25. The monoisotopic (exact) mass is 319 g/mol. The molecule has 23 heavy (non-hydrogen) atoms. The third kappa shape index (κ3) is 5.10. The van der Waals surface area contributed by atoms with E-state index in [-0.39, 0.29) is 12.5 Å². The fourth-order valence-corrected chi connectivity index (χ4v) is 2.81. The molecule has 0 bridgehead atoms. The number of nitrogens with one attached hydrogen (secondary N) is 1. The number of likely N-dealkylation sites (N-methyl/N-ethyl adjacent to an activating group) is 1. The van der Waals surface area contributed by atoms with E-state index >= 15 is 0 Å². The lowest BCUT2D eigenvalue weighted by atomic mass is 10.2. The predicted octanol–water partition coefficient (Wildman–Crippen LogP) is 0.542. The highest BCUT2D eigenvalue weighted by Crippen LogP contribution is 2.17. The molecule has 6 heteroatoms. The number of hydrogen-bond acceptors (Lipinski definition) is 3. The minimum Gasteiger partial charge on any atom is -0.353 e. The molecule has 0 saturated carbocycles. The van der Waals surface area contributed by atoms with Crippen LogP contribution in [-0.4, -0.2) is 86.0 Å². The summed E-state index contributed by atoms with van der Waals surface area (Å²) in [6.45, 7) is 10.8. The van der Waals surface area contributed by atoms with Gasteiger partial charge in [-0.05, 0) is 13.3 Å². The number of guanidine groups is 1. The van der Waals surface area contributed by atoms with Crippen LogP contribution < -0.4 is 5.32 Å². The SMILES string of the molecule is C=C(C)CNC(=NCC(=O)N(C)C)N1CCC(N2CC=CC2)C1. The molecule has 0 aromatic rings. The van der Waals surface area contributed by atoms with Crippen LogP contribution in [0.1, 0.15) is 13.3 Å². The largest absolute Gasteiger partial charge is 0.353 e. The maximum Gasteiger partial charge on any atom is 0.243 e. The van der Waals surface area contributed by atoms with Crippen molar-refractivity contribution in [2.75, 3.05) is 53.4 Å². The van der Waals surface area contributed by atoms with Crippen molar-refractivity contribution in [2.24, 2.45) is 4.99 Å². The van der Waals surface area contributed by atoms with Crippen LogP contribution in [0, 0.1) is 0 Å². The van der Waals surface area contributed by atoms with Gasteiger partial charge in [0.05, 0.1) is 0 Å². The number of carbonyl (C=O) groups is 1. The summed E-state index contributed by atoms with van der Waals surface area (Å²) in [5, 5.41) is 3.34. The third-order valence-corrected chi connectivity index (χ3v) is 4.24. The molecule has 1 N–H and O–H groups in total. The van der Waals surface area contributed by atoms with Gasteiger partial charge in [-0.15, -0.1) is 0 Å². The fraction of sp³-hybridized carbons (Fsp3) is 0.647. The second-order valence-electron chi connectivity index (χ2n) is 6.55. The topological polar surface area (TPSA) is 51.2 Å². The first-order valence-electron chi connectivity index (χ1n) is 8.24. The van der Waals surface area contributed by atoms with Gasteiger partial charge in [-0.2, -0.15) is 0 Å². The van der Waals surface area contributed by atoms with Crippen molar-refractivity contribution < 1.29 is 4.79 Å². The summed E-state index contributed by atoms with van der Waals surface area (Å²) in [7, 11) is 3.51. The van der Waals surface area contributed by atoms with Gasteiger partial charge < -0.3 is 15.1 Å². The molecule has 2 rings (SSSR count). The maximum absolute atomic E-state index is 11.8. The number of aliphatic imine (C=N–C) groups is 1. The van der Waals surface area contributed by atoms with Crippen LogP contribution in [0.25, 0.3) is 0 Å². The van der Waals surface area contributed by atoms with Gasteiger partial charge in [0, 0.05) is 52.9 Å². The first-order valence-corrected chi connectivity index (χ1v) is 8.24. The molecular formula is C17H29N5O. The average Bonchev–Trinajstić information content (AvgIpc) is 3.17. The molecule has 0 radical (unpaired) electrons. The van der Waals surface area contributed by atoms with E-state index in [0.717, 1.165) is 44.1 Å². The predicted molar refractivity (Wildman–Crippen MR) is 94.5 cm³/mol. The highest BCUT2D eigenvalue weighted by Gasteiger charge is 2.29. The van der Waals surface area contributed by atoms with Gasteiger partial charge in [0.15, 0.2) is 5.96 Å². The van der Waals surface area contributed by atoms with Crippen molar-refractivity contribution in [1.29, 1.82) is 0 Å². The Kier molecular flexibility index (Phi) is 6.21. The minimum atomic E-state index is 0.0131. The van der Waals surface area contributed by atoms with E-state index in [1.165, 1.54) is 0 Å². The number of rotatable bonds is 5. The Labute approximate surface area is 139 Å². The molecule has 1 fully saturated rings. The van der Waals surface area contributed by atoms with Crippen molar-refractivity contribution >= 4 is 11.9 Å². The Balaban J connectivity index is 1.97. The van der Waals surface area contributed by atoms with Gasteiger partial charge in [0.2, 0.25) is 5.91 Å². The molecule has 0 aromatic heterocycles. The van der Waals surface area contributed by atoms with E-state index < -0.39 is 0 Å². The highest BCUT2D eigenvalue weighted by molar-refractivity contribution is 5.85. The fourth-order valence-electron chi connectivity index (χ4n) is 2.81. The lowest BCUT2D eigenvalue weighted by molar-refractivity contribution is -0.127. The quantitative estimate of drug-likeness (QED) is 0.457. The first kappa shape index (κ1) is 17.5. The van der Waals surface area contributed by atoms with E-state index in [0.29, 0.717) is 12.6 Å². The Hall–Kier alpha value is -1.82. The first-order chi connectivity index (χ1) is 11.0. The summed E-state index contributed by atoms with van der Waals surface area (Å²) >= 11 is 0. The molecule has 1 saturated heterocycles. The summed E-state index contributed by atoms with van der Waals surface area (Å²) in [6, 6.07) is 0.561. The van der Waals surface area contributed by atoms with Crippen molar-refractivity contribution in [2.45, 2.75) is 19.4 Å². The molecule has 0 aliphatic carbocycles. The number of hydrogen-bond donors (Lipinski definition) is 1. The van der Waals surface area contributed by atoms with Crippen LogP contribution in [0.4, 0.5) is 0 Å². The Morgan fingerprint density at radius 1 is 1.39 bits per heavy atom. The van der Waals surface area contributed by atoms with Crippen LogP contribution in [-0.2, 0) is 4.79 Å². The van der Waals surface area contributed by atoms with Gasteiger partial charge in [0.1, 0.15) is 6.54 Å². The zero-order valence-corrected chi connectivity index (χ0v) is 14.6. The van der Waals surface area contributed by atoms with Crippen molar-refractivity contribution in [3.05, 3.63) is 24.3 Å². The van der Waals surface area contributed by atoms with Crippen LogP contribution in [0.5, 0.6) is 0 Å². The molecule has 2 heterocycles. The zero-order valence-electron chi connectivity index (χ0n) is 14.6. The summed E-state index contributed by atoms with van der Waals surface area (Å²) in [5.41, 5.74) is 1.05. The molecule has 1 amide bonds. The van der Waals surface area contributed by atoms with E-state index in [9.17, 15) is 4.79 Å². The molecule has 0 aromatic carbocycles. The molecule has 1 atom stereocenters. The summed E-state index contributed by atoms with van der Waals surface area (Å²) in [6.07, 6.45) is 5.59. The van der Waals surface area contributed by atoms with Crippen molar-refractivity contribution in [1.82, 2.24) is 20.0 Å². The van der Waals surface area contributed by atoms with Crippen molar-refractivity contribution in [3.8, 4) is 0 Å². The zero-order chi connectivity index (χ0) is 16.8. The normalized spacial score (nSPS) is 21.8. The van der Waals surface area contributed by atoms with Crippen LogP contribution >= 0.6 is 0 Å². The van der Waals surface area contributed by atoms with E-state index in [1.54, 1.807) is 19.0 Å².